The number of rotatable bonds is 5. The van der Waals surface area contributed by atoms with E-state index in [1.54, 1.807) is 35.4 Å². The Morgan fingerprint density at radius 2 is 1.76 bits per heavy atom. The molecule has 0 radical (unpaired) electrons. The van der Waals surface area contributed by atoms with Crippen LogP contribution in [0.2, 0.25) is 5.02 Å². The summed E-state index contributed by atoms with van der Waals surface area (Å²) in [5.74, 6) is -2.48. The van der Waals surface area contributed by atoms with E-state index in [9.17, 15) is 18.4 Å². The first-order valence-corrected chi connectivity index (χ1v) is 11.0. The number of carbonyl (C=O) groups is 2. The van der Waals surface area contributed by atoms with Crippen LogP contribution in [0.5, 0.6) is 0 Å². The molecule has 1 aliphatic rings. The molecule has 1 fully saturated rings. The molecule has 0 spiro atoms. The van der Waals surface area contributed by atoms with E-state index in [1.807, 2.05) is 18.2 Å². The van der Waals surface area contributed by atoms with Gasteiger partial charge in [-0.25, -0.2) is 8.78 Å². The summed E-state index contributed by atoms with van der Waals surface area (Å²) in [4.78, 5) is 33.7. The zero-order chi connectivity index (χ0) is 23.4. The average molecular weight is 470 g/mol. The number of likely N-dealkylation sites (tertiary alicyclic amines) is 1. The molecule has 33 heavy (non-hydrogen) atoms. The zero-order valence-corrected chi connectivity index (χ0v) is 18.5. The van der Waals surface area contributed by atoms with Gasteiger partial charge >= 0.3 is 0 Å². The molecule has 0 N–H and O–H groups in total. The molecular weight excluding hydrogens is 448 g/mol. The standard InChI is InChI=1S/C25H22ClF2N3O2/c26-18-4-7-21(8-5-18)31(16-20-3-1-2-12-29-20)24(32)17-10-13-30(14-11-17)25(33)22-9-6-19(27)15-23(22)28/h1-9,12,15,17H,10-11,13-14,16H2. The van der Waals surface area contributed by atoms with Crippen molar-refractivity contribution in [2.45, 2.75) is 19.4 Å². The van der Waals surface area contributed by atoms with Gasteiger partial charge in [-0.3, -0.25) is 14.6 Å². The van der Waals surface area contributed by atoms with Gasteiger partial charge in [0.05, 0.1) is 17.8 Å². The Balaban J connectivity index is 1.47. The zero-order valence-electron chi connectivity index (χ0n) is 17.8. The van der Waals surface area contributed by atoms with Gasteiger partial charge in [-0.05, 0) is 61.4 Å². The van der Waals surface area contributed by atoms with Gasteiger partial charge in [-0.2, -0.15) is 0 Å². The van der Waals surface area contributed by atoms with Gasteiger partial charge in [0.1, 0.15) is 11.6 Å². The number of aromatic nitrogens is 1. The highest BCUT2D eigenvalue weighted by atomic mass is 35.5. The molecule has 3 aromatic rings. The second-order valence-corrected chi connectivity index (χ2v) is 8.35. The van der Waals surface area contributed by atoms with Crippen molar-refractivity contribution in [3.63, 3.8) is 0 Å². The number of benzene rings is 2. The first kappa shape index (κ1) is 22.9. The lowest BCUT2D eigenvalue weighted by Crippen LogP contribution is -2.44. The Bertz CT molecular complexity index is 1130. The molecule has 8 heteroatoms. The molecule has 0 bridgehead atoms. The van der Waals surface area contributed by atoms with Crippen LogP contribution in [0, 0.1) is 17.6 Å². The van der Waals surface area contributed by atoms with Crippen LogP contribution in [0.3, 0.4) is 0 Å². The second-order valence-electron chi connectivity index (χ2n) is 7.91. The summed E-state index contributed by atoms with van der Waals surface area (Å²) in [6.45, 7) is 0.926. The number of carbonyl (C=O) groups excluding carboxylic acids is 2. The summed E-state index contributed by atoms with van der Waals surface area (Å²) < 4.78 is 27.2. The van der Waals surface area contributed by atoms with Crippen molar-refractivity contribution >= 4 is 29.1 Å². The molecule has 1 saturated heterocycles. The lowest BCUT2D eigenvalue weighted by atomic mass is 9.94. The highest BCUT2D eigenvalue weighted by molar-refractivity contribution is 6.30. The van der Waals surface area contributed by atoms with Gasteiger partial charge in [0.15, 0.2) is 0 Å². The molecule has 0 unspecified atom stereocenters. The molecular formula is C25H22ClF2N3O2. The Hall–Kier alpha value is -3.32. The van der Waals surface area contributed by atoms with Crippen molar-refractivity contribution in [3.05, 3.63) is 94.8 Å². The number of hydrogen-bond acceptors (Lipinski definition) is 3. The average Bonchev–Trinajstić information content (AvgIpc) is 2.83. The van der Waals surface area contributed by atoms with Crippen molar-refractivity contribution in [2.75, 3.05) is 18.0 Å². The molecule has 1 aromatic heterocycles. The lowest BCUT2D eigenvalue weighted by Gasteiger charge is -2.34. The summed E-state index contributed by atoms with van der Waals surface area (Å²) >= 11 is 6.02. The third-order valence-corrected chi connectivity index (χ3v) is 6.00. The Kier molecular flexibility index (Phi) is 6.99. The van der Waals surface area contributed by atoms with Crippen LogP contribution in [0.4, 0.5) is 14.5 Å². The highest BCUT2D eigenvalue weighted by Crippen LogP contribution is 2.27. The maximum atomic E-state index is 14.0. The fraction of sp³-hybridized carbons (Fsp3) is 0.240. The number of anilines is 1. The van der Waals surface area contributed by atoms with Crippen LogP contribution in [0.25, 0.3) is 0 Å². The fourth-order valence-electron chi connectivity index (χ4n) is 3.95. The molecule has 0 atom stereocenters. The first-order valence-electron chi connectivity index (χ1n) is 10.6. The summed E-state index contributed by atoms with van der Waals surface area (Å²) in [7, 11) is 0. The van der Waals surface area contributed by atoms with E-state index in [2.05, 4.69) is 4.98 Å². The maximum Gasteiger partial charge on any atom is 0.256 e. The number of amides is 2. The van der Waals surface area contributed by atoms with E-state index in [4.69, 9.17) is 11.6 Å². The van der Waals surface area contributed by atoms with E-state index in [0.29, 0.717) is 49.3 Å². The molecule has 5 nitrogen and oxygen atoms in total. The molecule has 170 valence electrons. The first-order chi connectivity index (χ1) is 15.9. The van der Waals surface area contributed by atoms with Crippen molar-refractivity contribution in [1.82, 2.24) is 9.88 Å². The van der Waals surface area contributed by atoms with Crippen LogP contribution in [0.1, 0.15) is 28.9 Å². The van der Waals surface area contributed by atoms with Gasteiger partial charge < -0.3 is 9.80 Å². The van der Waals surface area contributed by atoms with Crippen LogP contribution >= 0.6 is 11.6 Å². The van der Waals surface area contributed by atoms with Crippen LogP contribution in [0.15, 0.2) is 66.9 Å². The topological polar surface area (TPSA) is 53.5 Å². The smallest absolute Gasteiger partial charge is 0.256 e. The lowest BCUT2D eigenvalue weighted by molar-refractivity contribution is -0.123. The van der Waals surface area contributed by atoms with Gasteiger partial charge in [0.25, 0.3) is 5.91 Å². The minimum Gasteiger partial charge on any atom is -0.339 e. The van der Waals surface area contributed by atoms with E-state index in [1.165, 1.54) is 4.90 Å². The number of hydrogen-bond donors (Lipinski definition) is 0. The third kappa shape index (κ3) is 5.37. The molecule has 0 saturated carbocycles. The van der Waals surface area contributed by atoms with E-state index < -0.39 is 17.5 Å². The SMILES string of the molecule is O=C(c1ccc(F)cc1F)N1CCC(C(=O)N(Cc2ccccn2)c2ccc(Cl)cc2)CC1. The molecule has 2 heterocycles. The molecule has 4 rings (SSSR count). The van der Waals surface area contributed by atoms with Gasteiger partial charge in [0.2, 0.25) is 5.91 Å². The third-order valence-electron chi connectivity index (χ3n) is 5.74. The minimum atomic E-state index is -0.887. The van der Waals surface area contributed by atoms with Crippen molar-refractivity contribution in [2.24, 2.45) is 5.92 Å². The highest BCUT2D eigenvalue weighted by Gasteiger charge is 2.32. The Morgan fingerprint density at radius 1 is 1.03 bits per heavy atom. The second kappa shape index (κ2) is 10.1. The Morgan fingerprint density at radius 3 is 2.39 bits per heavy atom. The fourth-order valence-corrected chi connectivity index (χ4v) is 4.08. The quantitative estimate of drug-likeness (QED) is 0.522. The Labute approximate surface area is 195 Å². The van der Waals surface area contributed by atoms with Crippen LogP contribution in [-0.2, 0) is 11.3 Å². The molecule has 0 aliphatic carbocycles. The van der Waals surface area contributed by atoms with Gasteiger partial charge in [-0.15, -0.1) is 0 Å². The maximum absolute atomic E-state index is 14.0. The minimum absolute atomic E-state index is 0.0666. The van der Waals surface area contributed by atoms with Crippen molar-refractivity contribution < 1.29 is 18.4 Å². The molecule has 1 aliphatic heterocycles. The molecule has 2 aromatic carbocycles. The number of nitrogens with zero attached hydrogens (tertiary/aromatic N) is 3. The summed E-state index contributed by atoms with van der Waals surface area (Å²) in [6, 6.07) is 15.5. The summed E-state index contributed by atoms with van der Waals surface area (Å²) in [6.07, 6.45) is 2.57. The molecule has 2 amide bonds. The number of piperidine rings is 1. The number of halogens is 3. The van der Waals surface area contributed by atoms with Crippen LogP contribution < -0.4 is 4.90 Å². The van der Waals surface area contributed by atoms with Crippen LogP contribution in [-0.4, -0.2) is 34.8 Å². The van der Waals surface area contributed by atoms with Crippen molar-refractivity contribution in [3.8, 4) is 0 Å². The van der Waals surface area contributed by atoms with Gasteiger partial charge in [-0.1, -0.05) is 17.7 Å². The predicted octanol–water partition coefficient (Wildman–Crippen LogP) is 5.10. The van der Waals surface area contributed by atoms with Gasteiger partial charge in [0, 0.05) is 42.0 Å². The van der Waals surface area contributed by atoms with E-state index in [0.717, 1.165) is 17.8 Å². The van der Waals surface area contributed by atoms with Crippen molar-refractivity contribution in [1.29, 1.82) is 0 Å². The summed E-state index contributed by atoms with van der Waals surface area (Å²) in [5.41, 5.74) is 1.29. The predicted molar refractivity (Wildman–Crippen MR) is 122 cm³/mol. The number of pyridine rings is 1. The monoisotopic (exact) mass is 469 g/mol. The normalized spacial score (nSPS) is 14.2. The summed E-state index contributed by atoms with van der Waals surface area (Å²) in [5, 5.41) is 0.573. The van der Waals surface area contributed by atoms with E-state index in [-0.39, 0.29) is 17.4 Å². The van der Waals surface area contributed by atoms with E-state index >= 15 is 0 Å². The largest absolute Gasteiger partial charge is 0.339 e.